The monoisotopic (exact) mass is 494 g/mol. The Labute approximate surface area is 204 Å². The summed E-state index contributed by atoms with van der Waals surface area (Å²) in [5.41, 5.74) is -0.491. The van der Waals surface area contributed by atoms with Crippen LogP contribution < -0.4 is 0 Å². The number of hydrogen-bond acceptors (Lipinski definition) is 8. The summed E-state index contributed by atoms with van der Waals surface area (Å²) >= 11 is 0. The van der Waals surface area contributed by atoms with Crippen LogP contribution >= 0.6 is 0 Å². The average molecular weight is 494 g/mol. The third-order valence-electron chi connectivity index (χ3n) is 6.66. The molecule has 0 radical (unpaired) electrons. The number of hydrogen-bond donors (Lipinski definition) is 0. The molecule has 4 rings (SSSR count). The van der Waals surface area contributed by atoms with Gasteiger partial charge in [0.05, 0.1) is 21.7 Å². The third-order valence-corrected chi connectivity index (χ3v) is 6.66. The number of ketones is 1. The van der Waals surface area contributed by atoms with E-state index in [1.807, 2.05) is 6.92 Å². The number of non-ortho nitro benzene ring substituents is 2. The van der Waals surface area contributed by atoms with Gasteiger partial charge >= 0.3 is 0 Å². The molecule has 1 saturated carbocycles. The number of amides is 3. The second kappa shape index (κ2) is 9.64. The maximum Gasteiger partial charge on any atom is 0.273 e. The number of nitrogens with zero attached hydrogens (tertiary/aromatic N) is 4. The molecule has 0 bridgehead atoms. The number of nitro benzene ring substituents is 2. The van der Waals surface area contributed by atoms with Gasteiger partial charge in [0.25, 0.3) is 29.1 Å². The number of carbonyl (C=O) groups is 4. The van der Waals surface area contributed by atoms with Crippen LogP contribution in [0, 0.1) is 38.0 Å². The Balaban J connectivity index is 1.68. The van der Waals surface area contributed by atoms with E-state index >= 15 is 0 Å². The highest BCUT2D eigenvalue weighted by Gasteiger charge is 2.52. The van der Waals surface area contributed by atoms with Crippen LogP contribution in [0.3, 0.4) is 0 Å². The molecule has 0 spiro atoms. The van der Waals surface area contributed by atoms with Gasteiger partial charge < -0.3 is 0 Å². The zero-order valence-corrected chi connectivity index (χ0v) is 19.2. The maximum absolute atomic E-state index is 13.5. The molecule has 12 nitrogen and oxygen atoms in total. The topological polar surface area (TPSA) is 161 Å². The number of imide groups is 1. The van der Waals surface area contributed by atoms with E-state index in [1.165, 1.54) is 24.3 Å². The van der Waals surface area contributed by atoms with Crippen molar-refractivity contribution in [3.05, 3.63) is 79.9 Å². The highest BCUT2D eigenvalue weighted by molar-refractivity contribution is 6.09. The Morgan fingerprint density at radius 3 is 1.89 bits per heavy atom. The molecular weight excluding hydrogens is 472 g/mol. The Bertz CT molecular complexity index is 1260. The van der Waals surface area contributed by atoms with Crippen molar-refractivity contribution in [1.29, 1.82) is 0 Å². The number of carbonyl (C=O) groups excluding carboxylic acids is 4. The first-order valence-electron chi connectivity index (χ1n) is 11.3. The SMILES string of the molecule is C[C@@H]1CC[C@H]2C(=O)N(N(CC(=O)c3ccc([N+](=O)[O-])cc3)C(=O)c3ccc([N+](=O)[O-])cc3)C(=O)[C@H]2C1. The van der Waals surface area contributed by atoms with Crippen molar-refractivity contribution < 1.29 is 29.0 Å². The number of fused-ring (bicyclic) bond motifs is 1. The van der Waals surface area contributed by atoms with Crippen LogP contribution in [0.5, 0.6) is 0 Å². The predicted molar refractivity (Wildman–Crippen MR) is 123 cm³/mol. The summed E-state index contributed by atoms with van der Waals surface area (Å²) in [6.07, 6.45) is 1.73. The molecule has 3 atom stereocenters. The van der Waals surface area contributed by atoms with Crippen molar-refractivity contribution >= 4 is 34.9 Å². The van der Waals surface area contributed by atoms with Gasteiger partial charge in [0.15, 0.2) is 5.78 Å². The van der Waals surface area contributed by atoms with E-state index in [-0.39, 0.29) is 28.4 Å². The Morgan fingerprint density at radius 2 is 1.36 bits per heavy atom. The summed E-state index contributed by atoms with van der Waals surface area (Å²) in [6.45, 7) is 1.30. The standard InChI is InChI=1S/C24H22N4O8/c1-14-2-11-19-20(12-14)24(32)26(23(19)31)25(22(30)16-5-9-18(10-6-16)28(35)36)13-21(29)15-3-7-17(8-4-15)27(33)34/h3-10,14,19-20H,2,11-13H2,1H3/t14-,19-,20+/m1/s1. The molecule has 0 unspecified atom stereocenters. The van der Waals surface area contributed by atoms with Crippen LogP contribution in [0.25, 0.3) is 0 Å². The van der Waals surface area contributed by atoms with Gasteiger partial charge in [-0.05, 0) is 49.4 Å². The molecular formula is C24H22N4O8. The highest BCUT2D eigenvalue weighted by atomic mass is 16.6. The summed E-state index contributed by atoms with van der Waals surface area (Å²) in [5, 5.41) is 23.4. The molecule has 1 heterocycles. The van der Waals surface area contributed by atoms with Gasteiger partial charge in [-0.15, -0.1) is 0 Å². The van der Waals surface area contributed by atoms with Crippen molar-refractivity contribution in [1.82, 2.24) is 10.0 Å². The summed E-state index contributed by atoms with van der Waals surface area (Å²) < 4.78 is 0. The fraction of sp³-hybridized carbons (Fsp3) is 0.333. The number of Topliss-reactive ketones (excluding diaryl/α,β-unsaturated/α-hetero) is 1. The minimum atomic E-state index is -0.853. The van der Waals surface area contributed by atoms with Gasteiger partial charge in [-0.1, -0.05) is 6.92 Å². The fourth-order valence-electron chi connectivity index (χ4n) is 4.71. The zero-order chi connectivity index (χ0) is 26.1. The summed E-state index contributed by atoms with van der Waals surface area (Å²) in [5.74, 6) is -3.59. The Hall–Kier alpha value is -4.48. The molecule has 12 heteroatoms. The molecule has 0 N–H and O–H groups in total. The molecule has 2 aliphatic rings. The molecule has 2 fully saturated rings. The third kappa shape index (κ3) is 4.57. The normalized spacial score (nSPS) is 21.1. The molecule has 1 saturated heterocycles. The van der Waals surface area contributed by atoms with Crippen LogP contribution in [0.4, 0.5) is 11.4 Å². The summed E-state index contributed by atoms with van der Waals surface area (Å²) in [6, 6.07) is 9.31. The number of hydrazine groups is 1. The number of nitro groups is 2. The molecule has 1 aliphatic heterocycles. The molecule has 3 amide bonds. The van der Waals surface area contributed by atoms with Crippen LogP contribution in [-0.4, -0.2) is 49.9 Å². The molecule has 36 heavy (non-hydrogen) atoms. The van der Waals surface area contributed by atoms with Gasteiger partial charge in [-0.2, -0.15) is 5.01 Å². The lowest BCUT2D eigenvalue weighted by molar-refractivity contribution is -0.385. The lowest BCUT2D eigenvalue weighted by Crippen LogP contribution is -2.52. The van der Waals surface area contributed by atoms with Crippen molar-refractivity contribution in [3.8, 4) is 0 Å². The first-order chi connectivity index (χ1) is 17.1. The summed E-state index contributed by atoms with van der Waals surface area (Å²) in [7, 11) is 0. The number of rotatable bonds is 7. The molecule has 2 aromatic carbocycles. The number of benzene rings is 2. The van der Waals surface area contributed by atoms with Gasteiger partial charge in [0, 0.05) is 35.4 Å². The van der Waals surface area contributed by atoms with Crippen LogP contribution in [0.1, 0.15) is 46.9 Å². The molecule has 2 aromatic rings. The lowest BCUT2D eigenvalue weighted by atomic mass is 9.76. The smallest absolute Gasteiger partial charge is 0.273 e. The van der Waals surface area contributed by atoms with Gasteiger partial charge in [0.2, 0.25) is 0 Å². The van der Waals surface area contributed by atoms with Crippen molar-refractivity contribution in [2.24, 2.45) is 17.8 Å². The van der Waals surface area contributed by atoms with Gasteiger partial charge in [0.1, 0.15) is 6.54 Å². The quantitative estimate of drug-likeness (QED) is 0.245. The fourth-order valence-corrected chi connectivity index (χ4v) is 4.71. The van der Waals surface area contributed by atoms with E-state index in [9.17, 15) is 39.4 Å². The van der Waals surface area contributed by atoms with Crippen LogP contribution in [-0.2, 0) is 9.59 Å². The van der Waals surface area contributed by atoms with Crippen molar-refractivity contribution in [2.45, 2.75) is 26.2 Å². The lowest BCUT2D eigenvalue weighted by Gasteiger charge is -2.30. The van der Waals surface area contributed by atoms with E-state index in [2.05, 4.69) is 0 Å². The molecule has 0 aromatic heterocycles. The summed E-state index contributed by atoms with van der Waals surface area (Å²) in [4.78, 5) is 73.7. The molecule has 186 valence electrons. The van der Waals surface area contributed by atoms with Crippen molar-refractivity contribution in [2.75, 3.05) is 6.54 Å². The van der Waals surface area contributed by atoms with Crippen molar-refractivity contribution in [3.63, 3.8) is 0 Å². The largest absolute Gasteiger partial charge is 0.292 e. The van der Waals surface area contributed by atoms with E-state index in [0.717, 1.165) is 40.7 Å². The van der Waals surface area contributed by atoms with E-state index in [1.54, 1.807) is 0 Å². The maximum atomic E-state index is 13.5. The zero-order valence-electron chi connectivity index (χ0n) is 19.2. The average Bonchev–Trinajstić information content (AvgIpc) is 3.11. The first kappa shape index (κ1) is 24.6. The first-order valence-corrected chi connectivity index (χ1v) is 11.3. The Kier molecular flexibility index (Phi) is 6.60. The van der Waals surface area contributed by atoms with Gasteiger partial charge in [-0.25, -0.2) is 5.01 Å². The van der Waals surface area contributed by atoms with Gasteiger partial charge in [-0.3, -0.25) is 39.4 Å². The van der Waals surface area contributed by atoms with E-state index in [0.29, 0.717) is 12.8 Å². The molecule has 1 aliphatic carbocycles. The minimum absolute atomic E-state index is 0.0484. The minimum Gasteiger partial charge on any atom is -0.292 e. The highest BCUT2D eigenvalue weighted by Crippen LogP contribution is 2.41. The Morgan fingerprint density at radius 1 is 0.861 bits per heavy atom. The van der Waals surface area contributed by atoms with E-state index < -0.39 is 51.7 Å². The van der Waals surface area contributed by atoms with Crippen LogP contribution in [0.15, 0.2) is 48.5 Å². The van der Waals surface area contributed by atoms with Crippen LogP contribution in [0.2, 0.25) is 0 Å². The second-order valence-electron chi connectivity index (χ2n) is 9.01. The van der Waals surface area contributed by atoms with E-state index in [4.69, 9.17) is 0 Å². The predicted octanol–water partition coefficient (Wildman–Crippen LogP) is 3.16. The second-order valence-corrected chi connectivity index (χ2v) is 9.01.